The van der Waals surface area contributed by atoms with E-state index < -0.39 is 5.97 Å². The lowest BCUT2D eigenvalue weighted by atomic mass is 9.94. The molecular weight excluding hydrogens is 320 g/mol. The number of rotatable bonds is 4. The summed E-state index contributed by atoms with van der Waals surface area (Å²) in [5.41, 5.74) is 1.12. The van der Waals surface area contributed by atoms with Crippen LogP contribution in [-0.4, -0.2) is 34.0 Å². The van der Waals surface area contributed by atoms with Crippen molar-refractivity contribution in [1.29, 1.82) is 0 Å². The molecule has 4 nitrogen and oxygen atoms in total. The highest BCUT2D eigenvalue weighted by atomic mass is 35.5. The van der Waals surface area contributed by atoms with Gasteiger partial charge in [-0.15, -0.1) is 11.3 Å². The van der Waals surface area contributed by atoms with Gasteiger partial charge in [0.1, 0.15) is 0 Å². The quantitative estimate of drug-likeness (QED) is 0.925. The average molecular weight is 337 g/mol. The van der Waals surface area contributed by atoms with Crippen molar-refractivity contribution in [3.05, 3.63) is 51.4 Å². The normalized spacial score (nSPS) is 18.2. The van der Waals surface area contributed by atoms with Crippen LogP contribution in [0.2, 0.25) is 4.34 Å². The Kier molecular flexibility index (Phi) is 4.76. The van der Waals surface area contributed by atoms with Crippen LogP contribution in [0.1, 0.15) is 29.3 Å². The van der Waals surface area contributed by atoms with Gasteiger partial charge in [-0.2, -0.15) is 0 Å². The first-order valence-electron chi connectivity index (χ1n) is 7.27. The van der Waals surface area contributed by atoms with Crippen molar-refractivity contribution in [3.8, 4) is 0 Å². The van der Waals surface area contributed by atoms with E-state index in [0.29, 0.717) is 12.8 Å². The molecule has 22 heavy (non-hydrogen) atoms. The number of nitrogens with zero attached hydrogens (tertiary/aromatic N) is 2. The summed E-state index contributed by atoms with van der Waals surface area (Å²) in [6.45, 7) is 1.54. The number of carbonyl (C=O) groups is 1. The zero-order valence-electron chi connectivity index (χ0n) is 12.0. The first-order valence-corrected chi connectivity index (χ1v) is 8.46. The number of hydrogen-bond donors (Lipinski definition) is 1. The first kappa shape index (κ1) is 15.5. The molecule has 2 aromatic rings. The molecule has 0 saturated carbocycles. The topological polar surface area (TPSA) is 53.4 Å². The minimum atomic E-state index is -0.684. The second kappa shape index (κ2) is 6.77. The summed E-state index contributed by atoms with van der Waals surface area (Å²) >= 11 is 7.67. The van der Waals surface area contributed by atoms with Crippen molar-refractivity contribution in [2.45, 2.75) is 18.9 Å². The summed E-state index contributed by atoms with van der Waals surface area (Å²) in [5.74, 6) is -0.908. The monoisotopic (exact) mass is 336 g/mol. The highest BCUT2D eigenvalue weighted by Crippen LogP contribution is 2.37. The fourth-order valence-corrected chi connectivity index (χ4v) is 4.20. The van der Waals surface area contributed by atoms with E-state index >= 15 is 0 Å². The molecule has 1 atom stereocenters. The predicted molar refractivity (Wildman–Crippen MR) is 87.3 cm³/mol. The smallest absolute Gasteiger partial charge is 0.306 e. The molecule has 1 fully saturated rings. The molecule has 2 aromatic heterocycles. The molecule has 3 heterocycles. The van der Waals surface area contributed by atoms with E-state index in [1.165, 1.54) is 4.88 Å². The number of halogens is 1. The van der Waals surface area contributed by atoms with Crippen LogP contribution in [0, 0.1) is 5.92 Å². The van der Waals surface area contributed by atoms with Crippen LogP contribution in [-0.2, 0) is 4.79 Å². The van der Waals surface area contributed by atoms with Gasteiger partial charge in [0.2, 0.25) is 0 Å². The molecule has 1 aliphatic heterocycles. The van der Waals surface area contributed by atoms with Gasteiger partial charge in [-0.3, -0.25) is 14.7 Å². The SMILES string of the molecule is O=C(O)C1CCN(C(c2cccnc2)c2ccc(Cl)s2)CC1. The molecule has 116 valence electrons. The van der Waals surface area contributed by atoms with E-state index in [-0.39, 0.29) is 12.0 Å². The molecule has 1 unspecified atom stereocenters. The number of carboxylic acids is 1. The number of aliphatic carboxylic acids is 1. The summed E-state index contributed by atoms with van der Waals surface area (Å²) in [7, 11) is 0. The first-order chi connectivity index (χ1) is 10.6. The zero-order valence-corrected chi connectivity index (χ0v) is 13.6. The molecule has 6 heteroatoms. The van der Waals surface area contributed by atoms with E-state index in [9.17, 15) is 4.79 Å². The molecule has 1 saturated heterocycles. The minimum absolute atomic E-state index is 0.0981. The predicted octanol–water partition coefficient (Wildman–Crippen LogP) is 3.68. The summed E-state index contributed by atoms with van der Waals surface area (Å²) in [6, 6.07) is 8.06. The fourth-order valence-electron chi connectivity index (χ4n) is 2.97. The summed E-state index contributed by atoms with van der Waals surface area (Å²) in [4.78, 5) is 18.9. The van der Waals surface area contributed by atoms with Gasteiger partial charge in [0, 0.05) is 17.3 Å². The zero-order chi connectivity index (χ0) is 15.5. The van der Waals surface area contributed by atoms with Gasteiger partial charge >= 0.3 is 5.97 Å². The van der Waals surface area contributed by atoms with E-state index in [2.05, 4.69) is 16.0 Å². The Hall–Kier alpha value is -1.43. The van der Waals surface area contributed by atoms with Crippen LogP contribution in [0.15, 0.2) is 36.7 Å². The average Bonchev–Trinajstić information content (AvgIpc) is 2.95. The fraction of sp³-hybridized carbons (Fsp3) is 0.375. The Balaban J connectivity index is 1.85. The molecule has 0 aromatic carbocycles. The van der Waals surface area contributed by atoms with Crippen molar-refractivity contribution in [2.75, 3.05) is 13.1 Å². The van der Waals surface area contributed by atoms with E-state index in [1.807, 2.05) is 24.4 Å². The summed E-state index contributed by atoms with van der Waals surface area (Å²) in [5, 5.41) is 9.16. The number of aromatic nitrogens is 1. The minimum Gasteiger partial charge on any atom is -0.481 e. The number of hydrogen-bond acceptors (Lipinski definition) is 4. The Morgan fingerprint density at radius 2 is 2.14 bits per heavy atom. The van der Waals surface area contributed by atoms with Crippen LogP contribution >= 0.6 is 22.9 Å². The Labute approximate surface area is 138 Å². The van der Waals surface area contributed by atoms with Crippen LogP contribution in [0.5, 0.6) is 0 Å². The Morgan fingerprint density at radius 3 is 2.68 bits per heavy atom. The maximum absolute atomic E-state index is 11.1. The molecule has 0 spiro atoms. The maximum atomic E-state index is 11.1. The molecule has 0 bridgehead atoms. The summed E-state index contributed by atoms with van der Waals surface area (Å²) in [6.07, 6.45) is 5.01. The lowest BCUT2D eigenvalue weighted by molar-refractivity contribution is -0.143. The lowest BCUT2D eigenvalue weighted by Crippen LogP contribution is -2.39. The molecule has 1 N–H and O–H groups in total. The molecular formula is C16H17ClN2O2S. The standard InChI is InChI=1S/C16H17ClN2O2S/c17-14-4-3-13(22-14)15(12-2-1-7-18-10-12)19-8-5-11(6-9-19)16(20)21/h1-4,7,10-11,15H,5-6,8-9H2,(H,20,21). The number of carboxylic acid groups (broad SMARTS) is 1. The van der Waals surface area contributed by atoms with E-state index in [0.717, 1.165) is 23.0 Å². The largest absolute Gasteiger partial charge is 0.481 e. The van der Waals surface area contributed by atoms with E-state index in [4.69, 9.17) is 16.7 Å². The number of pyridine rings is 1. The van der Waals surface area contributed by atoms with Gasteiger partial charge in [-0.05, 0) is 49.7 Å². The molecule has 0 radical (unpaired) electrons. The molecule has 0 aliphatic carbocycles. The number of thiophene rings is 1. The number of piperidine rings is 1. The Bertz CT molecular complexity index is 639. The van der Waals surface area contributed by atoms with Crippen molar-refractivity contribution in [2.24, 2.45) is 5.92 Å². The third kappa shape index (κ3) is 3.32. The lowest BCUT2D eigenvalue weighted by Gasteiger charge is -2.36. The van der Waals surface area contributed by atoms with Crippen LogP contribution in [0.3, 0.4) is 0 Å². The maximum Gasteiger partial charge on any atom is 0.306 e. The van der Waals surface area contributed by atoms with Gasteiger partial charge in [0.05, 0.1) is 16.3 Å². The highest BCUT2D eigenvalue weighted by molar-refractivity contribution is 7.16. The second-order valence-corrected chi connectivity index (χ2v) is 7.23. The van der Waals surface area contributed by atoms with Crippen LogP contribution in [0.25, 0.3) is 0 Å². The van der Waals surface area contributed by atoms with Gasteiger partial charge in [-0.25, -0.2) is 0 Å². The number of likely N-dealkylation sites (tertiary alicyclic amines) is 1. The van der Waals surface area contributed by atoms with E-state index in [1.54, 1.807) is 17.5 Å². The van der Waals surface area contributed by atoms with Crippen LogP contribution in [0.4, 0.5) is 0 Å². The summed E-state index contributed by atoms with van der Waals surface area (Å²) < 4.78 is 0.768. The third-order valence-corrected chi connectivity index (χ3v) is 5.39. The van der Waals surface area contributed by atoms with Gasteiger partial charge in [0.15, 0.2) is 0 Å². The molecule has 0 amide bonds. The van der Waals surface area contributed by atoms with Crippen molar-refractivity contribution in [1.82, 2.24) is 9.88 Å². The van der Waals surface area contributed by atoms with Gasteiger partial charge in [-0.1, -0.05) is 17.7 Å². The second-order valence-electron chi connectivity index (χ2n) is 5.48. The van der Waals surface area contributed by atoms with Gasteiger partial charge in [0.25, 0.3) is 0 Å². The van der Waals surface area contributed by atoms with Crippen molar-refractivity contribution < 1.29 is 9.90 Å². The molecule has 1 aliphatic rings. The van der Waals surface area contributed by atoms with Gasteiger partial charge < -0.3 is 5.11 Å². The highest BCUT2D eigenvalue weighted by Gasteiger charge is 2.30. The van der Waals surface area contributed by atoms with Crippen molar-refractivity contribution >= 4 is 28.9 Å². The third-order valence-electron chi connectivity index (χ3n) is 4.11. The van der Waals surface area contributed by atoms with Crippen LogP contribution < -0.4 is 0 Å². The van der Waals surface area contributed by atoms with Crippen molar-refractivity contribution in [3.63, 3.8) is 0 Å². The molecule has 3 rings (SSSR count). The Morgan fingerprint density at radius 1 is 1.36 bits per heavy atom.